The van der Waals surface area contributed by atoms with Crippen LogP contribution in [0.2, 0.25) is 5.02 Å². The van der Waals surface area contributed by atoms with Gasteiger partial charge in [-0.1, -0.05) is 29.0 Å². The summed E-state index contributed by atoms with van der Waals surface area (Å²) in [5, 5.41) is 1.32. The minimum absolute atomic E-state index is 0.139. The Hall–Kier alpha value is -2.61. The van der Waals surface area contributed by atoms with Crippen LogP contribution in [0, 0.1) is 6.92 Å². The number of anilines is 1. The molecule has 1 amide bonds. The molecule has 0 aliphatic heterocycles. The monoisotopic (exact) mass is 459 g/mol. The molecule has 0 saturated carbocycles. The van der Waals surface area contributed by atoms with Crippen LogP contribution in [0.4, 0.5) is 5.13 Å². The number of ether oxygens (including phenoxy) is 2. The van der Waals surface area contributed by atoms with Crippen molar-refractivity contribution in [2.75, 3.05) is 46.3 Å². The minimum Gasteiger partial charge on any atom is -0.493 e. The van der Waals surface area contributed by atoms with Crippen molar-refractivity contribution < 1.29 is 14.3 Å². The maximum absolute atomic E-state index is 13.1. The number of rotatable bonds is 8. The number of nitrogens with zero attached hydrogens (tertiary/aromatic N) is 3. The van der Waals surface area contributed by atoms with E-state index in [1.165, 1.54) is 11.3 Å². The van der Waals surface area contributed by atoms with Crippen LogP contribution in [0.5, 0.6) is 11.5 Å². The Morgan fingerprint density at radius 1 is 1.13 bits per heavy atom. The highest BCUT2D eigenvalue weighted by molar-refractivity contribution is 7.22. The number of fused-ring (bicyclic) bond motifs is 1. The van der Waals surface area contributed by atoms with E-state index >= 15 is 0 Å². The Bertz CT molecular complexity index is 1110. The predicted molar refractivity (Wildman–Crippen MR) is 129 cm³/mol. The smallest absolute Gasteiger partial charge is 0.252 e. The Morgan fingerprint density at radius 2 is 1.87 bits per heavy atom. The number of thiazole rings is 1. The number of halogens is 1. The van der Waals surface area contributed by atoms with Gasteiger partial charge in [0.25, 0.3) is 5.91 Å². The lowest BCUT2D eigenvalue weighted by Crippen LogP contribution is -2.35. The quantitative estimate of drug-likeness (QED) is 0.449. The molecule has 31 heavy (non-hydrogen) atoms. The van der Waals surface area contributed by atoms with Gasteiger partial charge in [-0.2, -0.15) is 0 Å². The molecule has 3 rings (SSSR count). The molecule has 6 nitrogen and oxygen atoms in total. The summed E-state index contributed by atoms with van der Waals surface area (Å²) >= 11 is 7.67. The van der Waals surface area contributed by atoms with Crippen molar-refractivity contribution in [2.45, 2.75) is 6.92 Å². The zero-order valence-corrected chi connectivity index (χ0v) is 19.9. The number of carbonyl (C=O) groups is 1. The number of aryl methyl sites for hydroxylation is 1. The summed E-state index contributed by atoms with van der Waals surface area (Å²) in [7, 11) is 7.13. The fraction of sp³-hybridized carbons (Fsp3) is 0.304. The lowest BCUT2D eigenvalue weighted by molar-refractivity contribution is -0.114. The van der Waals surface area contributed by atoms with Crippen molar-refractivity contribution in [1.29, 1.82) is 0 Å². The number of aromatic nitrogens is 1. The average Bonchev–Trinajstić information content (AvgIpc) is 3.15. The van der Waals surface area contributed by atoms with Gasteiger partial charge in [-0.3, -0.25) is 9.69 Å². The number of benzene rings is 2. The van der Waals surface area contributed by atoms with Crippen LogP contribution in [0.1, 0.15) is 11.1 Å². The van der Waals surface area contributed by atoms with Crippen molar-refractivity contribution in [2.24, 2.45) is 0 Å². The molecule has 2 aromatic carbocycles. The summed E-state index contributed by atoms with van der Waals surface area (Å²) in [6.45, 7) is 3.21. The fourth-order valence-corrected chi connectivity index (χ4v) is 4.52. The van der Waals surface area contributed by atoms with E-state index < -0.39 is 0 Å². The fourth-order valence-electron chi connectivity index (χ4n) is 3.07. The van der Waals surface area contributed by atoms with Crippen LogP contribution in [0.3, 0.4) is 0 Å². The van der Waals surface area contributed by atoms with Crippen LogP contribution >= 0.6 is 22.9 Å². The van der Waals surface area contributed by atoms with Crippen molar-refractivity contribution in [3.8, 4) is 11.5 Å². The highest BCUT2D eigenvalue weighted by Gasteiger charge is 2.19. The van der Waals surface area contributed by atoms with Gasteiger partial charge in [0.2, 0.25) is 0 Å². The molecule has 0 radical (unpaired) electrons. The molecule has 0 saturated heterocycles. The van der Waals surface area contributed by atoms with Gasteiger partial charge >= 0.3 is 0 Å². The standard InChI is InChI=1S/C23H26ClN3O3S/c1-15-12-17(24)14-20-22(15)25-23(31-20)27(11-10-26(2)3)21(28)9-7-16-6-8-18(29-4)19(13-16)30-5/h6-9,12-14H,10-11H2,1-5H3. The summed E-state index contributed by atoms with van der Waals surface area (Å²) in [5.74, 6) is 1.11. The Labute approximate surface area is 191 Å². The second kappa shape index (κ2) is 10.1. The van der Waals surface area contributed by atoms with Crippen molar-refractivity contribution in [3.63, 3.8) is 0 Å². The zero-order valence-electron chi connectivity index (χ0n) is 18.3. The first kappa shape index (κ1) is 23.1. The van der Waals surface area contributed by atoms with E-state index in [4.69, 9.17) is 26.1 Å². The Morgan fingerprint density at radius 3 is 2.55 bits per heavy atom. The first-order chi connectivity index (χ1) is 14.8. The minimum atomic E-state index is -0.139. The van der Waals surface area contributed by atoms with Gasteiger partial charge in [-0.15, -0.1) is 0 Å². The number of carbonyl (C=O) groups excluding carboxylic acids is 1. The van der Waals surface area contributed by atoms with Crippen LogP contribution < -0.4 is 14.4 Å². The van der Waals surface area contributed by atoms with Crippen LogP contribution in [-0.2, 0) is 4.79 Å². The lowest BCUT2D eigenvalue weighted by Gasteiger charge is -2.20. The summed E-state index contributed by atoms with van der Waals surface area (Å²) in [6.07, 6.45) is 3.32. The summed E-state index contributed by atoms with van der Waals surface area (Å²) in [6, 6.07) is 9.29. The van der Waals surface area contributed by atoms with Gasteiger partial charge in [-0.05, 0) is 62.5 Å². The lowest BCUT2D eigenvalue weighted by atomic mass is 10.2. The highest BCUT2D eigenvalue weighted by Crippen LogP contribution is 2.33. The van der Waals surface area contributed by atoms with Crippen LogP contribution in [-0.4, -0.2) is 57.2 Å². The molecule has 3 aromatic rings. The van der Waals surface area contributed by atoms with Gasteiger partial charge in [-0.25, -0.2) is 4.98 Å². The topological polar surface area (TPSA) is 54.9 Å². The van der Waals surface area contributed by atoms with Gasteiger partial charge in [0.05, 0.1) is 24.4 Å². The molecule has 1 aromatic heterocycles. The third kappa shape index (κ3) is 5.55. The molecule has 0 aliphatic rings. The zero-order chi connectivity index (χ0) is 22.5. The summed E-state index contributed by atoms with van der Waals surface area (Å²) in [4.78, 5) is 21.6. The third-order valence-electron chi connectivity index (χ3n) is 4.73. The number of hydrogen-bond donors (Lipinski definition) is 0. The molecular weight excluding hydrogens is 434 g/mol. The van der Waals surface area contributed by atoms with E-state index in [0.717, 1.165) is 21.3 Å². The van der Waals surface area contributed by atoms with E-state index in [2.05, 4.69) is 0 Å². The van der Waals surface area contributed by atoms with Crippen molar-refractivity contribution in [1.82, 2.24) is 9.88 Å². The molecule has 1 heterocycles. The molecule has 0 unspecified atom stereocenters. The van der Waals surface area contributed by atoms with E-state index in [-0.39, 0.29) is 5.91 Å². The molecule has 0 aliphatic carbocycles. The third-order valence-corrected chi connectivity index (χ3v) is 5.98. The van der Waals surface area contributed by atoms with Crippen molar-refractivity contribution >= 4 is 50.3 Å². The van der Waals surface area contributed by atoms with Gasteiger partial charge in [0, 0.05) is 24.2 Å². The molecular formula is C23H26ClN3O3S. The summed E-state index contributed by atoms with van der Waals surface area (Å²) < 4.78 is 11.6. The van der Waals surface area contributed by atoms with Crippen molar-refractivity contribution in [3.05, 3.63) is 52.6 Å². The second-order valence-electron chi connectivity index (χ2n) is 7.31. The number of hydrogen-bond acceptors (Lipinski definition) is 6. The first-order valence-corrected chi connectivity index (χ1v) is 10.9. The molecule has 0 N–H and O–H groups in total. The largest absolute Gasteiger partial charge is 0.493 e. The van der Waals surface area contributed by atoms with Gasteiger partial charge in [0.1, 0.15) is 0 Å². The van der Waals surface area contributed by atoms with E-state index in [1.807, 2.05) is 56.3 Å². The maximum Gasteiger partial charge on any atom is 0.252 e. The van der Waals surface area contributed by atoms with Gasteiger partial charge < -0.3 is 14.4 Å². The molecule has 0 atom stereocenters. The molecule has 0 bridgehead atoms. The Kier molecular flexibility index (Phi) is 7.54. The second-order valence-corrected chi connectivity index (χ2v) is 8.75. The van der Waals surface area contributed by atoms with Crippen LogP contribution in [0.15, 0.2) is 36.4 Å². The molecule has 8 heteroatoms. The number of methoxy groups -OCH3 is 2. The van der Waals surface area contributed by atoms with Gasteiger partial charge in [0.15, 0.2) is 16.6 Å². The maximum atomic E-state index is 13.1. The molecule has 0 fully saturated rings. The van der Waals surface area contributed by atoms with E-state index in [0.29, 0.717) is 34.7 Å². The van der Waals surface area contributed by atoms with E-state index in [1.54, 1.807) is 31.3 Å². The highest BCUT2D eigenvalue weighted by atomic mass is 35.5. The number of amides is 1. The van der Waals surface area contributed by atoms with E-state index in [9.17, 15) is 4.79 Å². The average molecular weight is 460 g/mol. The predicted octanol–water partition coefficient (Wildman–Crippen LogP) is 4.88. The number of likely N-dealkylation sites (N-methyl/N-ethyl adjacent to an activating group) is 1. The normalized spacial score (nSPS) is 11.5. The summed E-state index contributed by atoms with van der Waals surface area (Å²) in [5.41, 5.74) is 2.70. The first-order valence-electron chi connectivity index (χ1n) is 9.75. The van der Waals surface area contributed by atoms with Crippen LogP contribution in [0.25, 0.3) is 16.3 Å². The SMILES string of the molecule is COc1ccc(C=CC(=O)N(CCN(C)C)c2nc3c(C)cc(Cl)cc3s2)cc1OC. The molecule has 0 spiro atoms. The Balaban J connectivity index is 1.90. The molecule has 164 valence electrons.